The van der Waals surface area contributed by atoms with Crippen LogP contribution in [-0.4, -0.2) is 10.9 Å². The fourth-order valence-corrected chi connectivity index (χ4v) is 3.62. The third-order valence-corrected chi connectivity index (χ3v) is 5.10. The molecule has 0 radical (unpaired) electrons. The number of fused-ring (bicyclic) bond motifs is 1. The number of nitrogens with zero attached hydrogens (tertiary/aromatic N) is 1. The average Bonchev–Trinajstić information content (AvgIpc) is 2.67. The Morgan fingerprint density at radius 3 is 2.39 bits per heavy atom. The fraction of sp³-hybridized carbons (Fsp3) is 0.0833. The van der Waals surface area contributed by atoms with Crippen LogP contribution in [-0.2, 0) is 0 Å². The second-order valence-corrected chi connectivity index (χ2v) is 7.83. The van der Waals surface area contributed by atoms with Crippen LogP contribution < -0.4 is 5.32 Å². The summed E-state index contributed by atoms with van der Waals surface area (Å²) in [4.78, 5) is 17.9. The lowest BCUT2D eigenvalue weighted by atomic mass is 10.0. The molecule has 4 rings (SSSR count). The van der Waals surface area contributed by atoms with E-state index in [0.717, 1.165) is 43.4 Å². The number of carbonyl (C=O) groups excluding carboxylic acids is 1. The lowest BCUT2D eigenvalue weighted by Crippen LogP contribution is -2.13. The van der Waals surface area contributed by atoms with Gasteiger partial charge >= 0.3 is 0 Å². The summed E-state index contributed by atoms with van der Waals surface area (Å²) in [7, 11) is 0. The molecule has 28 heavy (non-hydrogen) atoms. The van der Waals surface area contributed by atoms with Crippen molar-refractivity contribution in [2.24, 2.45) is 0 Å². The van der Waals surface area contributed by atoms with Crippen LogP contribution in [0.25, 0.3) is 22.2 Å². The minimum Gasteiger partial charge on any atom is -0.322 e. The number of halogens is 1. The SMILES string of the molecule is Cc1cccc(NC(=O)c2cc(-c3cccc(C)c3)nc3ccc(Br)cc23)c1. The van der Waals surface area contributed by atoms with Crippen molar-refractivity contribution in [3.8, 4) is 11.3 Å². The van der Waals surface area contributed by atoms with Gasteiger partial charge in [-0.05, 0) is 61.9 Å². The number of carbonyl (C=O) groups is 1. The van der Waals surface area contributed by atoms with E-state index in [4.69, 9.17) is 4.98 Å². The first kappa shape index (κ1) is 18.4. The number of anilines is 1. The van der Waals surface area contributed by atoms with Gasteiger partial charge in [0.1, 0.15) is 0 Å². The summed E-state index contributed by atoms with van der Waals surface area (Å²) < 4.78 is 0.912. The van der Waals surface area contributed by atoms with E-state index in [1.54, 1.807) is 0 Å². The summed E-state index contributed by atoms with van der Waals surface area (Å²) in [5, 5.41) is 3.83. The molecule has 4 aromatic rings. The van der Waals surface area contributed by atoms with Crippen LogP contribution in [0.2, 0.25) is 0 Å². The van der Waals surface area contributed by atoms with E-state index < -0.39 is 0 Å². The number of aryl methyl sites for hydroxylation is 2. The van der Waals surface area contributed by atoms with Gasteiger partial charge in [0.15, 0.2) is 0 Å². The number of rotatable bonds is 3. The van der Waals surface area contributed by atoms with Crippen molar-refractivity contribution in [2.75, 3.05) is 5.32 Å². The van der Waals surface area contributed by atoms with Crippen molar-refractivity contribution in [1.29, 1.82) is 0 Å². The molecule has 1 heterocycles. The fourth-order valence-electron chi connectivity index (χ4n) is 3.26. The minimum atomic E-state index is -0.148. The highest BCUT2D eigenvalue weighted by atomic mass is 79.9. The number of pyridine rings is 1. The Labute approximate surface area is 172 Å². The molecule has 0 aliphatic carbocycles. The van der Waals surface area contributed by atoms with Crippen molar-refractivity contribution in [2.45, 2.75) is 13.8 Å². The molecule has 0 bridgehead atoms. The molecular formula is C24H19BrN2O. The average molecular weight is 431 g/mol. The quantitative estimate of drug-likeness (QED) is 0.401. The summed E-state index contributed by atoms with van der Waals surface area (Å²) in [5.41, 5.74) is 6.20. The number of amides is 1. The highest BCUT2D eigenvalue weighted by Gasteiger charge is 2.15. The van der Waals surface area contributed by atoms with Gasteiger partial charge in [-0.3, -0.25) is 4.79 Å². The molecule has 0 saturated heterocycles. The smallest absolute Gasteiger partial charge is 0.256 e. The van der Waals surface area contributed by atoms with Crippen LogP contribution in [0.5, 0.6) is 0 Å². The van der Waals surface area contributed by atoms with Gasteiger partial charge in [0.25, 0.3) is 5.91 Å². The predicted molar refractivity (Wildman–Crippen MR) is 119 cm³/mol. The topological polar surface area (TPSA) is 42.0 Å². The van der Waals surface area contributed by atoms with Crippen molar-refractivity contribution in [3.63, 3.8) is 0 Å². The van der Waals surface area contributed by atoms with Crippen LogP contribution in [0.1, 0.15) is 21.5 Å². The van der Waals surface area contributed by atoms with Crippen LogP contribution in [0.3, 0.4) is 0 Å². The number of benzene rings is 3. The zero-order valence-electron chi connectivity index (χ0n) is 15.7. The Balaban J connectivity index is 1.85. The molecule has 0 saturated carbocycles. The molecule has 138 valence electrons. The standard InChI is InChI=1S/C24H19BrN2O/c1-15-5-3-7-17(11-15)23-14-21(20-13-18(25)9-10-22(20)27-23)24(28)26-19-8-4-6-16(2)12-19/h3-14H,1-2H3,(H,26,28). The molecule has 0 fully saturated rings. The van der Waals surface area contributed by atoms with Crippen LogP contribution in [0.4, 0.5) is 5.69 Å². The monoisotopic (exact) mass is 430 g/mol. The maximum atomic E-state index is 13.1. The molecule has 0 unspecified atom stereocenters. The first-order valence-corrected chi connectivity index (χ1v) is 9.84. The lowest BCUT2D eigenvalue weighted by molar-refractivity contribution is 0.102. The zero-order chi connectivity index (χ0) is 19.7. The Morgan fingerprint density at radius 1 is 0.893 bits per heavy atom. The summed E-state index contributed by atoms with van der Waals surface area (Å²) in [5.74, 6) is -0.148. The maximum Gasteiger partial charge on any atom is 0.256 e. The third-order valence-electron chi connectivity index (χ3n) is 4.61. The van der Waals surface area contributed by atoms with Gasteiger partial charge in [0, 0.05) is 21.1 Å². The van der Waals surface area contributed by atoms with E-state index in [-0.39, 0.29) is 5.91 Å². The van der Waals surface area contributed by atoms with Gasteiger partial charge in [0.2, 0.25) is 0 Å². The Hall–Kier alpha value is -2.98. The molecule has 0 atom stereocenters. The first-order chi connectivity index (χ1) is 13.5. The number of hydrogen-bond acceptors (Lipinski definition) is 2. The van der Waals surface area contributed by atoms with Crippen molar-refractivity contribution in [1.82, 2.24) is 4.98 Å². The Morgan fingerprint density at radius 2 is 1.64 bits per heavy atom. The van der Waals surface area contributed by atoms with E-state index in [0.29, 0.717) is 5.56 Å². The minimum absolute atomic E-state index is 0.148. The van der Waals surface area contributed by atoms with Gasteiger partial charge in [0.05, 0.1) is 16.8 Å². The zero-order valence-corrected chi connectivity index (χ0v) is 17.2. The van der Waals surface area contributed by atoms with Crippen LogP contribution >= 0.6 is 15.9 Å². The summed E-state index contributed by atoms with van der Waals surface area (Å²) in [6, 6.07) is 23.6. The van der Waals surface area contributed by atoms with Crippen molar-refractivity contribution < 1.29 is 4.79 Å². The molecule has 3 aromatic carbocycles. The van der Waals surface area contributed by atoms with Gasteiger partial charge in [-0.1, -0.05) is 51.8 Å². The molecule has 1 amide bonds. The predicted octanol–water partition coefficient (Wildman–Crippen LogP) is 6.53. The van der Waals surface area contributed by atoms with Gasteiger partial charge in [-0.25, -0.2) is 4.98 Å². The Bertz CT molecular complexity index is 1200. The highest BCUT2D eigenvalue weighted by Crippen LogP contribution is 2.28. The molecule has 0 spiro atoms. The molecular weight excluding hydrogens is 412 g/mol. The van der Waals surface area contributed by atoms with E-state index >= 15 is 0 Å². The lowest BCUT2D eigenvalue weighted by Gasteiger charge is -2.12. The number of aromatic nitrogens is 1. The summed E-state index contributed by atoms with van der Waals surface area (Å²) in [6.45, 7) is 4.05. The third kappa shape index (κ3) is 3.82. The summed E-state index contributed by atoms with van der Waals surface area (Å²) in [6.07, 6.45) is 0. The molecule has 1 aromatic heterocycles. The van der Waals surface area contributed by atoms with E-state index in [1.807, 2.05) is 80.6 Å². The largest absolute Gasteiger partial charge is 0.322 e. The second kappa shape index (κ2) is 7.56. The van der Waals surface area contributed by atoms with Crippen LogP contribution in [0, 0.1) is 13.8 Å². The van der Waals surface area contributed by atoms with Crippen molar-refractivity contribution in [3.05, 3.63) is 94.0 Å². The summed E-state index contributed by atoms with van der Waals surface area (Å²) >= 11 is 3.51. The Kier molecular flexibility index (Phi) is 4.97. The van der Waals surface area contributed by atoms with E-state index in [2.05, 4.69) is 27.3 Å². The van der Waals surface area contributed by atoms with Crippen molar-refractivity contribution >= 4 is 38.4 Å². The number of hydrogen-bond donors (Lipinski definition) is 1. The normalized spacial score (nSPS) is 10.8. The maximum absolute atomic E-state index is 13.1. The molecule has 1 N–H and O–H groups in total. The molecule has 0 aliphatic heterocycles. The highest BCUT2D eigenvalue weighted by molar-refractivity contribution is 9.10. The second-order valence-electron chi connectivity index (χ2n) is 6.91. The van der Waals surface area contributed by atoms with Gasteiger partial charge < -0.3 is 5.32 Å². The first-order valence-electron chi connectivity index (χ1n) is 9.05. The van der Waals surface area contributed by atoms with Gasteiger partial charge in [-0.15, -0.1) is 0 Å². The molecule has 4 heteroatoms. The van der Waals surface area contributed by atoms with Crippen LogP contribution in [0.15, 0.2) is 77.3 Å². The molecule has 0 aliphatic rings. The van der Waals surface area contributed by atoms with E-state index in [9.17, 15) is 4.79 Å². The molecule has 3 nitrogen and oxygen atoms in total. The van der Waals surface area contributed by atoms with Gasteiger partial charge in [-0.2, -0.15) is 0 Å². The number of nitrogens with one attached hydrogen (secondary N) is 1. The van der Waals surface area contributed by atoms with E-state index in [1.165, 1.54) is 0 Å².